The van der Waals surface area contributed by atoms with Crippen molar-refractivity contribution < 1.29 is 4.42 Å². The molecule has 0 amide bonds. The normalized spacial score (nSPS) is 14.2. The van der Waals surface area contributed by atoms with Gasteiger partial charge in [-0.05, 0) is 0 Å². The molecule has 1 aromatic rings. The van der Waals surface area contributed by atoms with E-state index in [-0.39, 0.29) is 0 Å². The van der Waals surface area contributed by atoms with Crippen molar-refractivity contribution in [1.29, 1.82) is 0 Å². The fraction of sp³-hybridized carbons (Fsp3) is 0.143. The molecule has 0 aromatic carbocycles. The highest BCUT2D eigenvalue weighted by molar-refractivity contribution is 5.60. The molecule has 1 aliphatic rings. The van der Waals surface area contributed by atoms with Crippen molar-refractivity contribution in [3.8, 4) is 0 Å². The maximum atomic E-state index is 5.39. The largest absolute Gasteiger partial charge is 0.445 e. The summed E-state index contributed by atoms with van der Waals surface area (Å²) in [6, 6.07) is 1.85. The Hall–Kier alpha value is -1.18. The second-order valence-electron chi connectivity index (χ2n) is 2.13. The Bertz CT molecular complexity index is 260. The zero-order valence-corrected chi connectivity index (χ0v) is 4.92. The number of anilines is 1. The van der Waals surface area contributed by atoms with Crippen LogP contribution >= 0.6 is 0 Å². The molecule has 0 aliphatic heterocycles. The molecule has 1 aliphatic carbocycles. The molecular weight excluding hydrogens is 114 g/mol. The van der Waals surface area contributed by atoms with Crippen molar-refractivity contribution in [3.05, 3.63) is 23.5 Å². The molecule has 0 saturated heterocycles. The summed E-state index contributed by atoms with van der Waals surface area (Å²) in [5.41, 5.74) is 6.52. The summed E-state index contributed by atoms with van der Waals surface area (Å²) in [6.07, 6.45) is 4.98. The number of nitrogens with two attached hydrogens (primary N) is 1. The van der Waals surface area contributed by atoms with Gasteiger partial charge >= 0.3 is 0 Å². The highest BCUT2D eigenvalue weighted by Crippen LogP contribution is 2.24. The summed E-state index contributed by atoms with van der Waals surface area (Å²) in [4.78, 5) is 0. The summed E-state index contributed by atoms with van der Waals surface area (Å²) in [7, 11) is 0. The minimum atomic E-state index is 0.518. The SMILES string of the molecule is Nc1cc2c(o1)CC=C2. The van der Waals surface area contributed by atoms with E-state index in [2.05, 4.69) is 6.08 Å². The lowest BCUT2D eigenvalue weighted by Crippen LogP contribution is -1.77. The molecule has 46 valence electrons. The van der Waals surface area contributed by atoms with E-state index in [9.17, 15) is 0 Å². The zero-order valence-electron chi connectivity index (χ0n) is 4.92. The Morgan fingerprint density at radius 2 is 2.44 bits per heavy atom. The lowest BCUT2D eigenvalue weighted by atomic mass is 10.3. The minimum Gasteiger partial charge on any atom is -0.445 e. The van der Waals surface area contributed by atoms with Gasteiger partial charge in [0.05, 0.1) is 0 Å². The fourth-order valence-electron chi connectivity index (χ4n) is 1.06. The van der Waals surface area contributed by atoms with Crippen LogP contribution in [0.15, 0.2) is 16.6 Å². The smallest absolute Gasteiger partial charge is 0.191 e. The van der Waals surface area contributed by atoms with Gasteiger partial charge in [0.1, 0.15) is 5.76 Å². The highest BCUT2D eigenvalue weighted by Gasteiger charge is 2.09. The summed E-state index contributed by atoms with van der Waals surface area (Å²) >= 11 is 0. The van der Waals surface area contributed by atoms with E-state index in [0.717, 1.165) is 17.7 Å². The topological polar surface area (TPSA) is 39.2 Å². The monoisotopic (exact) mass is 121 g/mol. The molecule has 0 unspecified atom stereocenters. The molecule has 2 rings (SSSR count). The number of allylic oxidation sites excluding steroid dienone is 1. The van der Waals surface area contributed by atoms with Gasteiger partial charge in [-0.1, -0.05) is 12.2 Å². The predicted octanol–water partition coefficient (Wildman–Crippen LogP) is 1.43. The van der Waals surface area contributed by atoms with Gasteiger partial charge < -0.3 is 10.2 Å². The van der Waals surface area contributed by atoms with Crippen LogP contribution in [0.4, 0.5) is 5.88 Å². The van der Waals surface area contributed by atoms with Crippen LogP contribution in [0.25, 0.3) is 6.08 Å². The average Bonchev–Trinajstić information content (AvgIpc) is 2.22. The molecule has 9 heavy (non-hydrogen) atoms. The van der Waals surface area contributed by atoms with Crippen LogP contribution < -0.4 is 5.73 Å². The summed E-state index contributed by atoms with van der Waals surface area (Å²) in [5, 5.41) is 0. The third kappa shape index (κ3) is 0.560. The van der Waals surface area contributed by atoms with Crippen molar-refractivity contribution in [1.82, 2.24) is 0 Å². The van der Waals surface area contributed by atoms with Crippen LogP contribution in [0.1, 0.15) is 11.3 Å². The number of rotatable bonds is 0. The molecule has 0 atom stereocenters. The molecule has 2 heteroatoms. The maximum Gasteiger partial charge on any atom is 0.191 e. The number of nitrogen functional groups attached to an aromatic ring is 1. The number of hydrogen-bond acceptors (Lipinski definition) is 2. The quantitative estimate of drug-likeness (QED) is 0.564. The second-order valence-corrected chi connectivity index (χ2v) is 2.13. The van der Waals surface area contributed by atoms with E-state index in [1.807, 2.05) is 12.1 Å². The summed E-state index contributed by atoms with van der Waals surface area (Å²) in [6.45, 7) is 0. The third-order valence-electron chi connectivity index (χ3n) is 1.46. The van der Waals surface area contributed by atoms with E-state index in [1.54, 1.807) is 0 Å². The van der Waals surface area contributed by atoms with E-state index >= 15 is 0 Å². The van der Waals surface area contributed by atoms with Crippen LogP contribution in [0.3, 0.4) is 0 Å². The number of furan rings is 1. The van der Waals surface area contributed by atoms with E-state index in [4.69, 9.17) is 10.2 Å². The molecule has 1 aromatic heterocycles. The van der Waals surface area contributed by atoms with Gasteiger partial charge in [-0.25, -0.2) is 0 Å². The molecule has 2 N–H and O–H groups in total. The van der Waals surface area contributed by atoms with E-state index < -0.39 is 0 Å². The predicted molar refractivity (Wildman–Crippen MR) is 35.9 cm³/mol. The average molecular weight is 121 g/mol. The van der Waals surface area contributed by atoms with Crippen LogP contribution in [0, 0.1) is 0 Å². The first kappa shape index (κ1) is 4.68. The van der Waals surface area contributed by atoms with Crippen molar-refractivity contribution in [3.63, 3.8) is 0 Å². The van der Waals surface area contributed by atoms with Gasteiger partial charge in [0.2, 0.25) is 0 Å². The third-order valence-corrected chi connectivity index (χ3v) is 1.46. The number of fused-ring (bicyclic) bond motifs is 1. The second kappa shape index (κ2) is 1.41. The van der Waals surface area contributed by atoms with Gasteiger partial charge in [-0.2, -0.15) is 0 Å². The summed E-state index contributed by atoms with van der Waals surface area (Å²) < 4.78 is 5.14. The molecule has 0 fully saturated rings. The zero-order chi connectivity index (χ0) is 6.27. The standard InChI is InChI=1S/C7H7NO/c8-7-4-5-2-1-3-6(5)9-7/h1-2,4H,3,8H2. The highest BCUT2D eigenvalue weighted by atomic mass is 16.4. The minimum absolute atomic E-state index is 0.518. The first-order valence-corrected chi connectivity index (χ1v) is 2.91. The van der Waals surface area contributed by atoms with Crippen LogP contribution in [0.2, 0.25) is 0 Å². The first-order chi connectivity index (χ1) is 4.36. The first-order valence-electron chi connectivity index (χ1n) is 2.91. The molecule has 0 saturated carbocycles. The van der Waals surface area contributed by atoms with Crippen LogP contribution in [-0.4, -0.2) is 0 Å². The summed E-state index contributed by atoms with van der Waals surface area (Å²) in [5.74, 6) is 1.51. The molecule has 1 heterocycles. The van der Waals surface area contributed by atoms with Gasteiger partial charge in [0.15, 0.2) is 5.88 Å². The Balaban J connectivity index is 2.61. The Morgan fingerprint density at radius 3 is 3.22 bits per heavy atom. The maximum absolute atomic E-state index is 5.39. The van der Waals surface area contributed by atoms with Gasteiger partial charge in [-0.3, -0.25) is 0 Å². The Morgan fingerprint density at radius 1 is 1.56 bits per heavy atom. The Kier molecular flexibility index (Phi) is 0.730. The lowest BCUT2D eigenvalue weighted by Gasteiger charge is -1.82. The number of hydrogen-bond donors (Lipinski definition) is 1. The molecule has 0 bridgehead atoms. The van der Waals surface area contributed by atoms with Crippen molar-refractivity contribution in [2.45, 2.75) is 6.42 Å². The van der Waals surface area contributed by atoms with Gasteiger partial charge in [-0.15, -0.1) is 0 Å². The van der Waals surface area contributed by atoms with E-state index in [0.29, 0.717) is 5.88 Å². The molecule has 0 radical (unpaired) electrons. The van der Waals surface area contributed by atoms with Crippen molar-refractivity contribution in [2.24, 2.45) is 0 Å². The molecule has 2 nitrogen and oxygen atoms in total. The Labute approximate surface area is 53.0 Å². The van der Waals surface area contributed by atoms with Gasteiger partial charge in [0, 0.05) is 18.1 Å². The molecular formula is C7H7NO. The van der Waals surface area contributed by atoms with Gasteiger partial charge in [0.25, 0.3) is 0 Å². The van der Waals surface area contributed by atoms with E-state index in [1.165, 1.54) is 0 Å². The van der Waals surface area contributed by atoms with Crippen molar-refractivity contribution >= 4 is 12.0 Å². The lowest BCUT2D eigenvalue weighted by molar-refractivity contribution is 0.543. The fourth-order valence-corrected chi connectivity index (χ4v) is 1.06. The van der Waals surface area contributed by atoms with Crippen LogP contribution in [0.5, 0.6) is 0 Å². The van der Waals surface area contributed by atoms with Crippen LogP contribution in [-0.2, 0) is 6.42 Å². The van der Waals surface area contributed by atoms with Crippen molar-refractivity contribution in [2.75, 3.05) is 5.73 Å². The molecule has 0 spiro atoms.